The van der Waals surface area contributed by atoms with Crippen molar-refractivity contribution in [3.8, 4) is 0 Å². The molecule has 0 bridgehead atoms. The number of aromatic nitrogens is 2. The minimum Gasteiger partial charge on any atom is -0.360 e. The lowest BCUT2D eigenvalue weighted by molar-refractivity contribution is 1.00. The maximum absolute atomic E-state index is 4.15. The summed E-state index contributed by atoms with van der Waals surface area (Å²) >= 11 is 5.11. The molecule has 0 fully saturated rings. The van der Waals surface area contributed by atoms with E-state index in [4.69, 9.17) is 0 Å². The van der Waals surface area contributed by atoms with E-state index in [0.29, 0.717) is 0 Å². The molecule has 0 atom stereocenters. The summed E-state index contributed by atoms with van der Waals surface area (Å²) in [6.07, 6.45) is 2.09. The van der Waals surface area contributed by atoms with Gasteiger partial charge >= 0.3 is 0 Å². The molecule has 1 aromatic heterocycles. The van der Waals surface area contributed by atoms with Gasteiger partial charge in [0.15, 0.2) is 4.34 Å². The largest absolute Gasteiger partial charge is 0.360 e. The first kappa shape index (κ1) is 13.7. The second-order valence-electron chi connectivity index (χ2n) is 3.54. The molecule has 1 heterocycles. The molecule has 0 aliphatic rings. The highest BCUT2D eigenvalue weighted by Crippen LogP contribution is 2.28. The second-order valence-corrected chi connectivity index (χ2v) is 6.62. The van der Waals surface area contributed by atoms with Crippen LogP contribution in [0.25, 0.3) is 0 Å². The van der Waals surface area contributed by atoms with Crippen molar-refractivity contribution in [3.05, 3.63) is 29.8 Å². The highest BCUT2D eigenvalue weighted by atomic mass is 32.2. The van der Waals surface area contributed by atoms with Crippen LogP contribution < -0.4 is 5.32 Å². The lowest BCUT2D eigenvalue weighted by atomic mass is 10.2. The van der Waals surface area contributed by atoms with Crippen LogP contribution in [0.15, 0.2) is 33.5 Å². The minimum atomic E-state index is 0.884. The SMILES string of the molecule is CCNc1nnc(SCc2ccc(SC)cc2)s1. The fourth-order valence-electron chi connectivity index (χ4n) is 1.36. The third-order valence-electron chi connectivity index (χ3n) is 2.26. The van der Waals surface area contributed by atoms with Crippen LogP contribution in [0.5, 0.6) is 0 Å². The Morgan fingerprint density at radius 2 is 2.00 bits per heavy atom. The first-order chi connectivity index (χ1) is 8.81. The van der Waals surface area contributed by atoms with Crippen LogP contribution in [0, 0.1) is 0 Å². The Kier molecular flexibility index (Phi) is 5.34. The van der Waals surface area contributed by atoms with Gasteiger partial charge in [-0.15, -0.1) is 22.0 Å². The van der Waals surface area contributed by atoms with Crippen LogP contribution in [0.4, 0.5) is 5.13 Å². The zero-order valence-electron chi connectivity index (χ0n) is 10.3. The van der Waals surface area contributed by atoms with Crippen molar-refractivity contribution >= 4 is 40.0 Å². The van der Waals surface area contributed by atoms with E-state index in [-0.39, 0.29) is 0 Å². The van der Waals surface area contributed by atoms with Crippen molar-refractivity contribution in [2.75, 3.05) is 18.1 Å². The topological polar surface area (TPSA) is 37.8 Å². The molecule has 2 rings (SSSR count). The van der Waals surface area contributed by atoms with Crippen molar-refractivity contribution in [2.24, 2.45) is 0 Å². The number of benzene rings is 1. The van der Waals surface area contributed by atoms with Crippen LogP contribution in [-0.4, -0.2) is 23.0 Å². The summed E-state index contributed by atoms with van der Waals surface area (Å²) in [6, 6.07) is 8.66. The van der Waals surface area contributed by atoms with E-state index in [1.807, 2.05) is 0 Å². The summed E-state index contributed by atoms with van der Waals surface area (Å²) in [5.41, 5.74) is 1.32. The van der Waals surface area contributed by atoms with Gasteiger partial charge < -0.3 is 5.32 Å². The molecule has 0 aliphatic heterocycles. The van der Waals surface area contributed by atoms with Crippen molar-refractivity contribution in [3.63, 3.8) is 0 Å². The van der Waals surface area contributed by atoms with Crippen molar-refractivity contribution < 1.29 is 0 Å². The van der Waals surface area contributed by atoms with Gasteiger partial charge in [-0.3, -0.25) is 0 Å². The maximum atomic E-state index is 4.15. The molecule has 0 amide bonds. The first-order valence-electron chi connectivity index (χ1n) is 5.65. The zero-order valence-corrected chi connectivity index (χ0v) is 12.8. The van der Waals surface area contributed by atoms with E-state index >= 15 is 0 Å². The third-order valence-corrected chi connectivity index (χ3v) is 5.08. The summed E-state index contributed by atoms with van der Waals surface area (Å²) < 4.78 is 1.01. The van der Waals surface area contributed by atoms with E-state index in [1.54, 1.807) is 34.9 Å². The fourth-order valence-corrected chi connectivity index (χ4v) is 3.54. The number of hydrogen-bond donors (Lipinski definition) is 1. The fraction of sp³-hybridized carbons (Fsp3) is 0.333. The number of hydrogen-bond acceptors (Lipinski definition) is 6. The maximum Gasteiger partial charge on any atom is 0.206 e. The van der Waals surface area contributed by atoms with E-state index in [2.05, 4.69) is 53.0 Å². The standard InChI is InChI=1S/C12H15N3S3/c1-3-13-11-14-15-12(18-11)17-8-9-4-6-10(16-2)7-5-9/h4-7H,3,8H2,1-2H3,(H,13,14). The molecule has 96 valence electrons. The second kappa shape index (κ2) is 7.01. The summed E-state index contributed by atoms with van der Waals surface area (Å²) in [5.74, 6) is 0.940. The van der Waals surface area contributed by atoms with Crippen molar-refractivity contribution in [1.82, 2.24) is 10.2 Å². The summed E-state index contributed by atoms with van der Waals surface area (Å²) in [7, 11) is 0. The zero-order chi connectivity index (χ0) is 12.8. The molecule has 0 saturated carbocycles. The van der Waals surface area contributed by atoms with Crippen molar-refractivity contribution in [2.45, 2.75) is 21.9 Å². The van der Waals surface area contributed by atoms with Gasteiger partial charge in [0.05, 0.1) is 0 Å². The van der Waals surface area contributed by atoms with Crippen LogP contribution in [0.1, 0.15) is 12.5 Å². The summed E-state index contributed by atoms with van der Waals surface area (Å²) in [5, 5.41) is 12.3. The smallest absolute Gasteiger partial charge is 0.206 e. The van der Waals surface area contributed by atoms with Gasteiger partial charge in [0.25, 0.3) is 0 Å². The normalized spacial score (nSPS) is 10.6. The molecule has 0 radical (unpaired) electrons. The Balaban J connectivity index is 1.89. The number of nitrogens with zero attached hydrogens (tertiary/aromatic N) is 2. The van der Waals surface area contributed by atoms with Gasteiger partial charge in [-0.2, -0.15) is 0 Å². The monoisotopic (exact) mass is 297 g/mol. The Bertz CT molecular complexity index is 482. The molecule has 18 heavy (non-hydrogen) atoms. The average Bonchev–Trinajstić information content (AvgIpc) is 2.85. The molecule has 6 heteroatoms. The minimum absolute atomic E-state index is 0.884. The molecule has 1 aromatic carbocycles. The average molecular weight is 297 g/mol. The number of nitrogens with one attached hydrogen (secondary N) is 1. The Morgan fingerprint density at radius 1 is 1.22 bits per heavy atom. The molecule has 2 aromatic rings. The molecule has 3 nitrogen and oxygen atoms in total. The molecule has 0 aliphatic carbocycles. The van der Waals surface area contributed by atoms with Gasteiger partial charge in [0, 0.05) is 17.2 Å². The van der Waals surface area contributed by atoms with Crippen LogP contribution in [0.2, 0.25) is 0 Å². The molecule has 0 saturated heterocycles. The molecule has 1 N–H and O–H groups in total. The number of rotatable bonds is 6. The Morgan fingerprint density at radius 3 is 2.67 bits per heavy atom. The van der Waals surface area contributed by atoms with Crippen molar-refractivity contribution in [1.29, 1.82) is 0 Å². The quantitative estimate of drug-likeness (QED) is 0.816. The van der Waals surface area contributed by atoms with Crippen LogP contribution >= 0.6 is 34.9 Å². The van der Waals surface area contributed by atoms with E-state index in [9.17, 15) is 0 Å². The van der Waals surface area contributed by atoms with Gasteiger partial charge in [-0.25, -0.2) is 0 Å². The lowest BCUT2D eigenvalue weighted by Gasteiger charge is -2.00. The Labute approximate surface area is 120 Å². The predicted molar refractivity (Wildman–Crippen MR) is 81.9 cm³/mol. The van der Waals surface area contributed by atoms with E-state index < -0.39 is 0 Å². The van der Waals surface area contributed by atoms with Crippen LogP contribution in [0.3, 0.4) is 0 Å². The summed E-state index contributed by atoms with van der Waals surface area (Å²) in [4.78, 5) is 1.30. The molecular formula is C12H15N3S3. The highest BCUT2D eigenvalue weighted by molar-refractivity contribution is 8.00. The van der Waals surface area contributed by atoms with Gasteiger partial charge in [0.2, 0.25) is 5.13 Å². The number of thioether (sulfide) groups is 2. The van der Waals surface area contributed by atoms with Crippen LogP contribution in [-0.2, 0) is 5.75 Å². The lowest BCUT2D eigenvalue weighted by Crippen LogP contribution is -1.94. The molecular weight excluding hydrogens is 282 g/mol. The summed E-state index contributed by atoms with van der Waals surface area (Å²) in [6.45, 7) is 2.94. The first-order valence-corrected chi connectivity index (χ1v) is 8.67. The van der Waals surface area contributed by atoms with Gasteiger partial charge in [-0.1, -0.05) is 35.2 Å². The van der Waals surface area contributed by atoms with Gasteiger partial charge in [0.1, 0.15) is 0 Å². The van der Waals surface area contributed by atoms with Gasteiger partial charge in [-0.05, 0) is 30.9 Å². The number of anilines is 1. The third kappa shape index (κ3) is 3.90. The Hall–Kier alpha value is -0.720. The molecule has 0 unspecified atom stereocenters. The molecule has 0 spiro atoms. The van der Waals surface area contributed by atoms with E-state index in [0.717, 1.165) is 21.8 Å². The van der Waals surface area contributed by atoms with E-state index in [1.165, 1.54) is 10.5 Å². The predicted octanol–water partition coefficient (Wildman–Crippen LogP) is 3.98. The highest BCUT2D eigenvalue weighted by Gasteiger charge is 2.04.